The van der Waals surface area contributed by atoms with E-state index < -0.39 is 0 Å². The first-order valence-corrected chi connectivity index (χ1v) is 6.21. The molecule has 1 aliphatic rings. The molecule has 8 heteroatoms. The molecule has 0 saturated carbocycles. The van der Waals surface area contributed by atoms with E-state index in [9.17, 15) is 4.79 Å². The molecule has 1 N–H and O–H groups in total. The van der Waals surface area contributed by atoms with Crippen LogP contribution in [0.3, 0.4) is 0 Å². The highest BCUT2D eigenvalue weighted by atomic mass is 16.5. The van der Waals surface area contributed by atoms with Crippen LogP contribution < -0.4 is 5.32 Å². The van der Waals surface area contributed by atoms with Crippen molar-refractivity contribution in [1.29, 1.82) is 0 Å². The molecule has 0 spiro atoms. The van der Waals surface area contributed by atoms with Gasteiger partial charge in [0.25, 0.3) is 0 Å². The van der Waals surface area contributed by atoms with Crippen LogP contribution in [0, 0.1) is 0 Å². The largest absolute Gasteiger partial charge is 0.461 e. The number of furan rings is 1. The van der Waals surface area contributed by atoms with E-state index in [2.05, 4.69) is 15.5 Å². The number of nitrogens with one attached hydrogen (secondary N) is 1. The first kappa shape index (κ1) is 12.7. The summed E-state index contributed by atoms with van der Waals surface area (Å²) in [6, 6.07) is 3.30. The van der Waals surface area contributed by atoms with Crippen molar-refractivity contribution in [2.24, 2.45) is 0 Å². The Morgan fingerprint density at radius 3 is 3.25 bits per heavy atom. The highest BCUT2D eigenvalue weighted by molar-refractivity contribution is 5.67. The van der Waals surface area contributed by atoms with E-state index in [4.69, 9.17) is 13.7 Å². The van der Waals surface area contributed by atoms with E-state index in [0.29, 0.717) is 37.1 Å². The lowest BCUT2D eigenvalue weighted by atomic mass is 10.2. The fraction of sp³-hybridized carbons (Fsp3) is 0.417. The lowest BCUT2D eigenvalue weighted by Crippen LogP contribution is -2.48. The van der Waals surface area contributed by atoms with Crippen molar-refractivity contribution >= 4 is 6.09 Å². The van der Waals surface area contributed by atoms with E-state index in [-0.39, 0.29) is 12.1 Å². The van der Waals surface area contributed by atoms with E-state index in [1.807, 2.05) is 0 Å². The topological polar surface area (TPSA) is 93.6 Å². The molecule has 3 heterocycles. The minimum Gasteiger partial charge on any atom is -0.461 e. The molecule has 1 saturated heterocycles. The number of hydrogen-bond donors (Lipinski definition) is 1. The summed E-state index contributed by atoms with van der Waals surface area (Å²) in [4.78, 5) is 17.4. The minimum absolute atomic E-state index is 0.209. The highest BCUT2D eigenvalue weighted by Gasteiger charge is 2.28. The molecule has 1 amide bonds. The highest BCUT2D eigenvalue weighted by Crippen LogP contribution is 2.21. The third kappa shape index (κ3) is 2.37. The van der Waals surface area contributed by atoms with Crippen molar-refractivity contribution in [3.05, 3.63) is 24.3 Å². The zero-order valence-corrected chi connectivity index (χ0v) is 10.9. The second-order valence-corrected chi connectivity index (χ2v) is 4.36. The van der Waals surface area contributed by atoms with Crippen LogP contribution in [0.1, 0.15) is 11.9 Å². The number of methoxy groups -OCH3 is 1. The molecule has 106 valence electrons. The summed E-state index contributed by atoms with van der Waals surface area (Å²) in [5.74, 6) is 1.35. The van der Waals surface area contributed by atoms with Gasteiger partial charge in [-0.2, -0.15) is 4.98 Å². The Bertz CT molecular complexity index is 580. The van der Waals surface area contributed by atoms with Crippen molar-refractivity contribution in [1.82, 2.24) is 20.4 Å². The zero-order valence-electron chi connectivity index (χ0n) is 10.9. The second-order valence-electron chi connectivity index (χ2n) is 4.36. The molecule has 1 fully saturated rings. The first-order valence-electron chi connectivity index (χ1n) is 6.21. The van der Waals surface area contributed by atoms with Gasteiger partial charge in [0.2, 0.25) is 11.7 Å². The molecule has 1 atom stereocenters. The maximum Gasteiger partial charge on any atom is 0.409 e. The number of carbonyl (C=O) groups excluding carboxylic acids is 1. The standard InChI is InChI=1S/C12H14N4O4/c1-18-12(17)16-5-4-13-8(7-16)11-14-10(15-20-11)9-3-2-6-19-9/h2-3,6,8,13H,4-5,7H2,1H3. The van der Waals surface area contributed by atoms with Gasteiger partial charge < -0.3 is 23.9 Å². The predicted molar refractivity (Wildman–Crippen MR) is 66.7 cm³/mol. The maximum absolute atomic E-state index is 11.5. The quantitative estimate of drug-likeness (QED) is 0.877. The summed E-state index contributed by atoms with van der Waals surface area (Å²) in [7, 11) is 1.36. The summed E-state index contributed by atoms with van der Waals surface area (Å²) >= 11 is 0. The predicted octanol–water partition coefficient (Wildman–Crippen LogP) is 1.04. The van der Waals surface area contributed by atoms with Crippen molar-refractivity contribution in [3.8, 4) is 11.6 Å². The molecule has 2 aromatic heterocycles. The fourth-order valence-corrected chi connectivity index (χ4v) is 2.09. The van der Waals surface area contributed by atoms with E-state index in [1.54, 1.807) is 23.3 Å². The summed E-state index contributed by atoms with van der Waals surface area (Å²) in [6.07, 6.45) is 1.19. The number of ether oxygens (including phenoxy) is 1. The number of carbonyl (C=O) groups is 1. The molecular weight excluding hydrogens is 264 g/mol. The summed E-state index contributed by atoms with van der Waals surface area (Å²) in [5, 5.41) is 7.10. The van der Waals surface area contributed by atoms with Crippen LogP contribution in [0.25, 0.3) is 11.6 Å². The lowest BCUT2D eigenvalue weighted by molar-refractivity contribution is 0.105. The van der Waals surface area contributed by atoms with Crippen molar-refractivity contribution in [3.63, 3.8) is 0 Å². The van der Waals surface area contributed by atoms with Gasteiger partial charge in [0, 0.05) is 19.6 Å². The normalized spacial score (nSPS) is 19.1. The van der Waals surface area contributed by atoms with Crippen LogP contribution in [-0.4, -0.2) is 47.9 Å². The van der Waals surface area contributed by atoms with Crippen LogP contribution >= 0.6 is 0 Å². The Balaban J connectivity index is 1.74. The molecule has 1 aliphatic heterocycles. The molecular formula is C12H14N4O4. The molecule has 2 aromatic rings. The van der Waals surface area contributed by atoms with Crippen LogP contribution in [0.5, 0.6) is 0 Å². The van der Waals surface area contributed by atoms with Gasteiger partial charge in [-0.25, -0.2) is 4.79 Å². The van der Waals surface area contributed by atoms with Gasteiger partial charge >= 0.3 is 6.09 Å². The zero-order chi connectivity index (χ0) is 13.9. The first-order chi connectivity index (χ1) is 9.78. The Kier molecular flexibility index (Phi) is 3.38. The van der Waals surface area contributed by atoms with Gasteiger partial charge in [-0.3, -0.25) is 0 Å². The average molecular weight is 278 g/mol. The van der Waals surface area contributed by atoms with Crippen LogP contribution in [0.4, 0.5) is 4.79 Å². The minimum atomic E-state index is -0.359. The molecule has 0 bridgehead atoms. The van der Waals surface area contributed by atoms with Crippen molar-refractivity contribution < 1.29 is 18.5 Å². The molecule has 0 aromatic carbocycles. The number of aromatic nitrogens is 2. The number of rotatable bonds is 2. The van der Waals surface area contributed by atoms with Gasteiger partial charge in [-0.15, -0.1) is 0 Å². The lowest BCUT2D eigenvalue weighted by Gasteiger charge is -2.30. The van der Waals surface area contributed by atoms with Crippen LogP contribution in [0.15, 0.2) is 27.3 Å². The van der Waals surface area contributed by atoms with Gasteiger partial charge in [0.1, 0.15) is 6.04 Å². The molecule has 20 heavy (non-hydrogen) atoms. The number of nitrogens with zero attached hydrogens (tertiary/aromatic N) is 3. The number of amides is 1. The Labute approximate surface area is 114 Å². The van der Waals surface area contributed by atoms with Crippen LogP contribution in [0.2, 0.25) is 0 Å². The van der Waals surface area contributed by atoms with Crippen molar-refractivity contribution in [2.45, 2.75) is 6.04 Å². The Morgan fingerprint density at radius 1 is 1.60 bits per heavy atom. The maximum atomic E-state index is 11.5. The molecule has 3 rings (SSSR count). The molecule has 1 unspecified atom stereocenters. The Morgan fingerprint density at radius 2 is 2.50 bits per heavy atom. The third-order valence-electron chi connectivity index (χ3n) is 3.09. The van der Waals surface area contributed by atoms with Gasteiger partial charge in [-0.05, 0) is 12.1 Å². The molecule has 0 aliphatic carbocycles. The van der Waals surface area contributed by atoms with Gasteiger partial charge in [0.15, 0.2) is 5.76 Å². The number of hydrogen-bond acceptors (Lipinski definition) is 7. The molecule has 0 radical (unpaired) electrons. The number of piperazine rings is 1. The summed E-state index contributed by atoms with van der Waals surface area (Å²) in [6.45, 7) is 1.65. The van der Waals surface area contributed by atoms with E-state index in [1.165, 1.54) is 7.11 Å². The second kappa shape index (κ2) is 5.33. The fourth-order valence-electron chi connectivity index (χ4n) is 2.09. The van der Waals surface area contributed by atoms with Crippen molar-refractivity contribution in [2.75, 3.05) is 26.7 Å². The van der Waals surface area contributed by atoms with E-state index >= 15 is 0 Å². The summed E-state index contributed by atoms with van der Waals surface area (Å²) in [5.41, 5.74) is 0. The van der Waals surface area contributed by atoms with Crippen LogP contribution in [-0.2, 0) is 4.74 Å². The average Bonchev–Trinajstić information content (AvgIpc) is 3.17. The Hall–Kier alpha value is -2.35. The van der Waals surface area contributed by atoms with Gasteiger partial charge in [-0.1, -0.05) is 5.16 Å². The SMILES string of the molecule is COC(=O)N1CCNC(c2nc(-c3ccco3)no2)C1. The molecule has 8 nitrogen and oxygen atoms in total. The van der Waals surface area contributed by atoms with Gasteiger partial charge in [0.05, 0.1) is 13.4 Å². The smallest absolute Gasteiger partial charge is 0.409 e. The monoisotopic (exact) mass is 278 g/mol. The third-order valence-corrected chi connectivity index (χ3v) is 3.09. The summed E-state index contributed by atoms with van der Waals surface area (Å²) < 4.78 is 15.1. The van der Waals surface area contributed by atoms with E-state index in [0.717, 1.165) is 0 Å².